The highest BCUT2D eigenvalue weighted by atomic mass is 16.1. The third-order valence-electron chi connectivity index (χ3n) is 4.53. The number of nitrogens with one attached hydrogen (secondary N) is 1. The van der Waals surface area contributed by atoms with E-state index in [4.69, 9.17) is 5.73 Å². The molecule has 1 aliphatic rings. The van der Waals surface area contributed by atoms with Gasteiger partial charge in [-0.3, -0.25) is 4.79 Å². The molecular weight excluding hydrogens is 250 g/mol. The number of amides is 1. The van der Waals surface area contributed by atoms with Crippen LogP contribution in [0.5, 0.6) is 0 Å². The molecule has 1 amide bonds. The van der Waals surface area contributed by atoms with E-state index in [1.165, 1.54) is 10.9 Å². The number of nitrogens with two attached hydrogens (primary N) is 1. The van der Waals surface area contributed by atoms with Crippen LogP contribution >= 0.6 is 0 Å². The van der Waals surface area contributed by atoms with E-state index in [1.807, 2.05) is 12.1 Å². The zero-order valence-electron chi connectivity index (χ0n) is 12.1. The molecule has 0 fully saturated rings. The molecule has 106 valence electrons. The summed E-state index contributed by atoms with van der Waals surface area (Å²) >= 11 is 0. The number of nitrogens with zero attached hydrogens (tertiary/aromatic N) is 1. The molecule has 4 nitrogen and oxygen atoms in total. The fourth-order valence-electron chi connectivity index (χ4n) is 3.54. The molecule has 1 heterocycles. The van der Waals surface area contributed by atoms with Gasteiger partial charge < -0.3 is 15.6 Å². The lowest BCUT2D eigenvalue weighted by Crippen LogP contribution is -2.40. The van der Waals surface area contributed by atoms with Gasteiger partial charge in [0.15, 0.2) is 0 Å². The van der Waals surface area contributed by atoms with Gasteiger partial charge in [0.25, 0.3) is 0 Å². The molecule has 0 aliphatic heterocycles. The van der Waals surface area contributed by atoms with Gasteiger partial charge in [-0.1, -0.05) is 13.8 Å². The maximum atomic E-state index is 11.7. The fourth-order valence-corrected chi connectivity index (χ4v) is 3.54. The van der Waals surface area contributed by atoms with Crippen LogP contribution in [0.3, 0.4) is 0 Å². The van der Waals surface area contributed by atoms with Gasteiger partial charge in [-0.15, -0.1) is 0 Å². The Labute approximate surface area is 118 Å². The zero-order chi connectivity index (χ0) is 14.3. The molecule has 1 aliphatic carbocycles. The predicted octanol–water partition coefficient (Wildman–Crippen LogP) is 2.08. The second-order valence-electron chi connectivity index (χ2n) is 5.48. The lowest BCUT2D eigenvalue weighted by Gasteiger charge is -2.33. The number of aromatic amines is 1. The number of aromatic nitrogens is 1. The summed E-state index contributed by atoms with van der Waals surface area (Å²) in [7, 11) is 0. The van der Waals surface area contributed by atoms with E-state index >= 15 is 0 Å². The summed E-state index contributed by atoms with van der Waals surface area (Å²) in [5, 5.41) is 1.21. The summed E-state index contributed by atoms with van der Waals surface area (Å²) in [6, 6.07) is 4.27. The molecule has 3 rings (SSSR count). The molecule has 0 radical (unpaired) electrons. The first-order chi connectivity index (χ1) is 9.65. The van der Waals surface area contributed by atoms with Gasteiger partial charge in [0.2, 0.25) is 5.91 Å². The van der Waals surface area contributed by atoms with E-state index < -0.39 is 0 Å². The van der Waals surface area contributed by atoms with Gasteiger partial charge in [0.05, 0.1) is 0 Å². The van der Waals surface area contributed by atoms with Gasteiger partial charge in [0.1, 0.15) is 0 Å². The number of carbonyl (C=O) groups excluding carboxylic acids is 1. The number of primary amides is 1. The standard InChI is InChI=1S/C16H21N3O/c1-3-19(4-2)11-7-10-9-18-14-6-5-12(16(17)20)13(8-11)15(10)14/h5-6,9,11,18H,3-4,7-8H2,1-2H3,(H2,17,20). The summed E-state index contributed by atoms with van der Waals surface area (Å²) in [6.45, 7) is 6.43. The molecular formula is C16H21N3O. The lowest BCUT2D eigenvalue weighted by atomic mass is 9.85. The Morgan fingerprint density at radius 3 is 2.75 bits per heavy atom. The molecule has 1 atom stereocenters. The van der Waals surface area contributed by atoms with E-state index in [1.54, 1.807) is 0 Å². The van der Waals surface area contributed by atoms with Gasteiger partial charge in [-0.2, -0.15) is 0 Å². The van der Waals surface area contributed by atoms with Crippen molar-refractivity contribution in [2.45, 2.75) is 32.7 Å². The number of likely N-dealkylation sites (N-methyl/N-ethyl adjacent to an activating group) is 1. The summed E-state index contributed by atoms with van der Waals surface area (Å²) in [5.41, 5.74) is 9.76. The van der Waals surface area contributed by atoms with Gasteiger partial charge >= 0.3 is 0 Å². The second kappa shape index (κ2) is 4.94. The molecule has 0 bridgehead atoms. The minimum Gasteiger partial charge on any atom is -0.366 e. The van der Waals surface area contributed by atoms with E-state index in [9.17, 15) is 4.79 Å². The average molecular weight is 271 g/mol. The molecule has 1 aromatic carbocycles. The predicted molar refractivity (Wildman–Crippen MR) is 80.9 cm³/mol. The van der Waals surface area contributed by atoms with Crippen molar-refractivity contribution < 1.29 is 4.79 Å². The topological polar surface area (TPSA) is 62.1 Å². The molecule has 3 N–H and O–H groups in total. The summed E-state index contributed by atoms with van der Waals surface area (Å²) in [6.07, 6.45) is 4.02. The summed E-state index contributed by atoms with van der Waals surface area (Å²) in [5.74, 6) is -0.325. The minimum absolute atomic E-state index is 0.325. The molecule has 4 heteroatoms. The van der Waals surface area contributed by atoms with Crippen LogP contribution in [-0.2, 0) is 12.8 Å². The average Bonchev–Trinajstić information content (AvgIpc) is 2.85. The quantitative estimate of drug-likeness (QED) is 0.894. The highest BCUT2D eigenvalue weighted by Gasteiger charge is 2.27. The van der Waals surface area contributed by atoms with Crippen molar-refractivity contribution >= 4 is 16.8 Å². The third-order valence-corrected chi connectivity index (χ3v) is 4.53. The normalized spacial score (nSPS) is 17.9. The number of carbonyl (C=O) groups is 1. The second-order valence-corrected chi connectivity index (χ2v) is 5.48. The Balaban J connectivity index is 2.12. The van der Waals surface area contributed by atoms with E-state index in [0.29, 0.717) is 11.6 Å². The Morgan fingerprint density at radius 2 is 2.10 bits per heavy atom. The Morgan fingerprint density at radius 1 is 1.35 bits per heavy atom. The smallest absolute Gasteiger partial charge is 0.249 e. The third kappa shape index (κ3) is 1.91. The number of hydrogen-bond acceptors (Lipinski definition) is 2. The van der Waals surface area contributed by atoms with E-state index in [2.05, 4.69) is 29.9 Å². The SMILES string of the molecule is CCN(CC)C1Cc2c[nH]c3ccc(C(N)=O)c(c23)C1. The van der Waals surface area contributed by atoms with Crippen LogP contribution < -0.4 is 5.73 Å². The van der Waals surface area contributed by atoms with Crippen molar-refractivity contribution in [3.05, 3.63) is 35.0 Å². The first-order valence-electron chi connectivity index (χ1n) is 7.31. The van der Waals surface area contributed by atoms with Crippen molar-refractivity contribution in [3.8, 4) is 0 Å². The monoisotopic (exact) mass is 271 g/mol. The summed E-state index contributed by atoms with van der Waals surface area (Å²) < 4.78 is 0. The Bertz CT molecular complexity index is 655. The molecule has 1 unspecified atom stereocenters. The number of H-pyrrole nitrogens is 1. The molecule has 1 aromatic heterocycles. The van der Waals surface area contributed by atoms with Crippen LogP contribution in [0.15, 0.2) is 18.3 Å². The van der Waals surface area contributed by atoms with Crippen molar-refractivity contribution in [1.82, 2.24) is 9.88 Å². The Hall–Kier alpha value is -1.81. The highest BCUT2D eigenvalue weighted by Crippen LogP contribution is 2.33. The van der Waals surface area contributed by atoms with Gasteiger partial charge in [-0.25, -0.2) is 0 Å². The first kappa shape index (κ1) is 13.2. The van der Waals surface area contributed by atoms with Crippen LogP contribution in [0.1, 0.15) is 35.3 Å². The highest BCUT2D eigenvalue weighted by molar-refractivity contribution is 6.01. The van der Waals surface area contributed by atoms with Crippen molar-refractivity contribution in [2.75, 3.05) is 13.1 Å². The zero-order valence-corrected chi connectivity index (χ0v) is 12.1. The van der Waals surface area contributed by atoms with Crippen LogP contribution in [0.25, 0.3) is 10.9 Å². The molecule has 0 saturated carbocycles. The molecule has 20 heavy (non-hydrogen) atoms. The van der Waals surface area contributed by atoms with Crippen molar-refractivity contribution in [2.24, 2.45) is 5.73 Å². The number of rotatable bonds is 4. The maximum absolute atomic E-state index is 11.7. The fraction of sp³-hybridized carbons (Fsp3) is 0.438. The Kier molecular flexibility index (Phi) is 3.26. The van der Waals surface area contributed by atoms with Crippen LogP contribution in [0.4, 0.5) is 0 Å². The van der Waals surface area contributed by atoms with Crippen molar-refractivity contribution in [1.29, 1.82) is 0 Å². The van der Waals surface area contributed by atoms with E-state index in [0.717, 1.165) is 37.0 Å². The minimum atomic E-state index is -0.325. The maximum Gasteiger partial charge on any atom is 0.249 e. The molecule has 0 saturated heterocycles. The van der Waals surface area contributed by atoms with Crippen LogP contribution in [0.2, 0.25) is 0 Å². The number of hydrogen-bond donors (Lipinski definition) is 2. The van der Waals surface area contributed by atoms with Gasteiger partial charge in [0, 0.05) is 28.7 Å². The summed E-state index contributed by atoms with van der Waals surface area (Å²) in [4.78, 5) is 17.5. The molecule has 0 spiro atoms. The first-order valence-corrected chi connectivity index (χ1v) is 7.31. The lowest BCUT2D eigenvalue weighted by molar-refractivity contribution is 0.0999. The number of benzene rings is 1. The largest absolute Gasteiger partial charge is 0.366 e. The molecule has 2 aromatic rings. The van der Waals surface area contributed by atoms with Gasteiger partial charge in [-0.05, 0) is 49.2 Å². The van der Waals surface area contributed by atoms with Crippen LogP contribution in [-0.4, -0.2) is 34.9 Å². The van der Waals surface area contributed by atoms with E-state index in [-0.39, 0.29) is 5.91 Å². The van der Waals surface area contributed by atoms with Crippen LogP contribution in [0, 0.1) is 0 Å². The van der Waals surface area contributed by atoms with Crippen molar-refractivity contribution in [3.63, 3.8) is 0 Å².